The predicted molar refractivity (Wildman–Crippen MR) is 78.7 cm³/mol. The lowest BCUT2D eigenvalue weighted by Gasteiger charge is -2.23. The molecule has 126 valence electrons. The molecule has 9 heteroatoms. The maximum atomic E-state index is 13.6. The van der Waals surface area contributed by atoms with Crippen LogP contribution in [0.5, 0.6) is 0 Å². The van der Waals surface area contributed by atoms with Crippen LogP contribution in [0.25, 0.3) is 0 Å². The molecular weight excluding hydrogens is 341 g/mol. The van der Waals surface area contributed by atoms with E-state index in [-0.39, 0.29) is 24.9 Å². The highest BCUT2D eigenvalue weighted by molar-refractivity contribution is 7.89. The van der Waals surface area contributed by atoms with Gasteiger partial charge in [0.15, 0.2) is 4.90 Å². The minimum atomic E-state index is -4.43. The van der Waals surface area contributed by atoms with Crippen molar-refractivity contribution < 1.29 is 21.6 Å². The highest BCUT2D eigenvalue weighted by Gasteiger charge is 2.31. The first-order chi connectivity index (χ1) is 9.85. The molecule has 1 saturated carbocycles. The second kappa shape index (κ2) is 7.63. The molecule has 1 aromatic carbocycles. The number of nitrogens with two attached hydrogens (primary N) is 1. The zero-order valence-corrected chi connectivity index (χ0v) is 13.3. The normalized spacial score (nSPS) is 17.3. The molecule has 0 spiro atoms. The number of hydrogen-bond donors (Lipinski definition) is 2. The van der Waals surface area contributed by atoms with E-state index in [2.05, 4.69) is 4.72 Å². The quantitative estimate of drug-likeness (QED) is 0.848. The maximum absolute atomic E-state index is 13.6. The first-order valence-corrected chi connectivity index (χ1v) is 8.20. The van der Waals surface area contributed by atoms with E-state index in [4.69, 9.17) is 5.73 Å². The number of sulfonamides is 1. The third kappa shape index (κ3) is 4.13. The van der Waals surface area contributed by atoms with E-state index < -0.39 is 38.4 Å². The molecule has 1 aliphatic rings. The first-order valence-electron chi connectivity index (χ1n) is 6.72. The van der Waals surface area contributed by atoms with Gasteiger partial charge in [0, 0.05) is 24.7 Å². The minimum Gasteiger partial charge on any atom is -0.329 e. The Bertz CT molecular complexity index is 599. The highest BCUT2D eigenvalue weighted by atomic mass is 35.5. The van der Waals surface area contributed by atoms with Gasteiger partial charge in [-0.3, -0.25) is 0 Å². The van der Waals surface area contributed by atoms with Crippen molar-refractivity contribution in [3.05, 3.63) is 29.6 Å². The standard InChI is InChI=1S/C13H17F3N2O2S.ClH/c14-9-5-10(15)13(11(16)6-9)21(19,20)18-12(7-17)8-3-1-2-4-8;/h5-6,8,12,18H,1-4,7,17H2;1H. The maximum Gasteiger partial charge on any atom is 0.246 e. The van der Waals surface area contributed by atoms with Crippen molar-refractivity contribution in [2.24, 2.45) is 11.7 Å². The van der Waals surface area contributed by atoms with Crippen LogP contribution in [0, 0.1) is 23.4 Å². The van der Waals surface area contributed by atoms with Gasteiger partial charge in [0.2, 0.25) is 10.0 Å². The molecule has 1 aromatic rings. The molecule has 1 aliphatic carbocycles. The van der Waals surface area contributed by atoms with Crippen LogP contribution in [-0.2, 0) is 10.0 Å². The minimum absolute atomic E-state index is 0. The van der Waals surface area contributed by atoms with Gasteiger partial charge in [-0.15, -0.1) is 12.4 Å². The number of halogens is 4. The van der Waals surface area contributed by atoms with Crippen molar-refractivity contribution in [2.75, 3.05) is 6.54 Å². The molecule has 0 aliphatic heterocycles. The number of hydrogen-bond acceptors (Lipinski definition) is 3. The van der Waals surface area contributed by atoms with E-state index in [9.17, 15) is 21.6 Å². The monoisotopic (exact) mass is 358 g/mol. The summed E-state index contributed by atoms with van der Waals surface area (Å²) >= 11 is 0. The molecule has 2 rings (SSSR count). The van der Waals surface area contributed by atoms with Crippen molar-refractivity contribution in [1.29, 1.82) is 0 Å². The van der Waals surface area contributed by atoms with Gasteiger partial charge >= 0.3 is 0 Å². The summed E-state index contributed by atoms with van der Waals surface area (Å²) in [6.45, 7) is 0.0360. The van der Waals surface area contributed by atoms with Gasteiger partial charge < -0.3 is 5.73 Å². The Balaban J connectivity index is 0.00000242. The predicted octanol–water partition coefficient (Wildman–Crippen LogP) is 2.32. The summed E-state index contributed by atoms with van der Waals surface area (Å²) in [6.07, 6.45) is 3.59. The van der Waals surface area contributed by atoms with Crippen LogP contribution in [0.1, 0.15) is 25.7 Å². The number of nitrogens with one attached hydrogen (secondary N) is 1. The molecule has 1 atom stereocenters. The van der Waals surface area contributed by atoms with Crippen molar-refractivity contribution >= 4 is 22.4 Å². The van der Waals surface area contributed by atoms with Crippen molar-refractivity contribution in [2.45, 2.75) is 36.6 Å². The zero-order chi connectivity index (χ0) is 15.6. The second-order valence-electron chi connectivity index (χ2n) is 5.21. The van der Waals surface area contributed by atoms with E-state index in [0.717, 1.165) is 25.7 Å². The summed E-state index contributed by atoms with van der Waals surface area (Å²) < 4.78 is 66.6. The Morgan fingerprint density at radius 1 is 1.18 bits per heavy atom. The second-order valence-corrected chi connectivity index (χ2v) is 6.86. The molecule has 1 unspecified atom stereocenters. The molecule has 0 heterocycles. The summed E-state index contributed by atoms with van der Waals surface area (Å²) in [5, 5.41) is 0. The lowest BCUT2D eigenvalue weighted by atomic mass is 9.99. The lowest BCUT2D eigenvalue weighted by Crippen LogP contribution is -2.45. The molecule has 4 nitrogen and oxygen atoms in total. The third-order valence-corrected chi connectivity index (χ3v) is 5.30. The summed E-state index contributed by atoms with van der Waals surface area (Å²) in [7, 11) is -4.43. The largest absolute Gasteiger partial charge is 0.329 e. The highest BCUT2D eigenvalue weighted by Crippen LogP contribution is 2.29. The van der Waals surface area contributed by atoms with E-state index >= 15 is 0 Å². The van der Waals surface area contributed by atoms with Gasteiger partial charge in [-0.2, -0.15) is 0 Å². The van der Waals surface area contributed by atoms with Crippen LogP contribution in [0.3, 0.4) is 0 Å². The fourth-order valence-electron chi connectivity index (χ4n) is 2.74. The Morgan fingerprint density at radius 3 is 2.14 bits per heavy atom. The lowest BCUT2D eigenvalue weighted by molar-refractivity contribution is 0.402. The molecule has 0 saturated heterocycles. The Morgan fingerprint density at radius 2 is 1.68 bits per heavy atom. The third-order valence-electron chi connectivity index (χ3n) is 3.76. The van der Waals surface area contributed by atoms with Crippen LogP contribution in [-0.4, -0.2) is 21.0 Å². The fraction of sp³-hybridized carbons (Fsp3) is 0.538. The van der Waals surface area contributed by atoms with Gasteiger partial charge in [0.05, 0.1) is 0 Å². The van der Waals surface area contributed by atoms with E-state index in [1.165, 1.54) is 0 Å². The SMILES string of the molecule is Cl.NCC(NS(=O)(=O)c1c(F)cc(F)cc1F)C1CCCC1. The van der Waals surface area contributed by atoms with Gasteiger partial charge in [0.25, 0.3) is 0 Å². The summed E-state index contributed by atoms with van der Waals surface area (Å²) in [5.41, 5.74) is 5.56. The topological polar surface area (TPSA) is 72.2 Å². The molecule has 0 amide bonds. The van der Waals surface area contributed by atoms with Gasteiger partial charge in [-0.1, -0.05) is 12.8 Å². The average Bonchev–Trinajstić information content (AvgIpc) is 2.87. The van der Waals surface area contributed by atoms with Crippen LogP contribution >= 0.6 is 12.4 Å². The van der Waals surface area contributed by atoms with Crippen molar-refractivity contribution in [3.63, 3.8) is 0 Å². The molecule has 0 radical (unpaired) electrons. The first kappa shape index (κ1) is 19.2. The molecule has 3 N–H and O–H groups in total. The summed E-state index contributed by atoms with van der Waals surface area (Å²) in [6, 6.07) is 0.0938. The molecule has 1 fully saturated rings. The molecule has 22 heavy (non-hydrogen) atoms. The van der Waals surface area contributed by atoms with E-state index in [0.29, 0.717) is 12.1 Å². The smallest absolute Gasteiger partial charge is 0.246 e. The summed E-state index contributed by atoms with van der Waals surface area (Å²) in [5.74, 6) is -4.03. The van der Waals surface area contributed by atoms with Crippen LogP contribution in [0.4, 0.5) is 13.2 Å². The Hall–Kier alpha value is -0.830. The van der Waals surface area contributed by atoms with Crippen LogP contribution < -0.4 is 10.5 Å². The Kier molecular flexibility index (Phi) is 6.66. The zero-order valence-electron chi connectivity index (χ0n) is 11.7. The molecule has 0 bridgehead atoms. The van der Waals surface area contributed by atoms with E-state index in [1.807, 2.05) is 0 Å². The van der Waals surface area contributed by atoms with Gasteiger partial charge in [0.1, 0.15) is 17.5 Å². The van der Waals surface area contributed by atoms with Crippen molar-refractivity contribution in [3.8, 4) is 0 Å². The van der Waals surface area contributed by atoms with Crippen LogP contribution in [0.2, 0.25) is 0 Å². The molecule has 0 aromatic heterocycles. The van der Waals surface area contributed by atoms with Crippen molar-refractivity contribution in [1.82, 2.24) is 4.72 Å². The average molecular weight is 359 g/mol. The number of benzene rings is 1. The number of rotatable bonds is 5. The Labute approximate surface area is 133 Å². The van der Waals surface area contributed by atoms with Gasteiger partial charge in [-0.05, 0) is 18.8 Å². The summed E-state index contributed by atoms with van der Waals surface area (Å²) in [4.78, 5) is -1.17. The van der Waals surface area contributed by atoms with Crippen LogP contribution in [0.15, 0.2) is 17.0 Å². The van der Waals surface area contributed by atoms with E-state index in [1.54, 1.807) is 0 Å². The van der Waals surface area contributed by atoms with Gasteiger partial charge in [-0.25, -0.2) is 26.3 Å². The molecular formula is C13H18ClF3N2O2S. The fourth-order valence-corrected chi connectivity index (χ4v) is 4.18.